The first-order valence-corrected chi connectivity index (χ1v) is 8.15. The van der Waals surface area contributed by atoms with Gasteiger partial charge in [-0.2, -0.15) is 0 Å². The number of methoxy groups -OCH3 is 1. The summed E-state index contributed by atoms with van der Waals surface area (Å²) in [6.07, 6.45) is 6.18. The van der Waals surface area contributed by atoms with Crippen LogP contribution < -0.4 is 10.1 Å². The Bertz CT molecular complexity index is 705. The fraction of sp³-hybridized carbons (Fsp3) is 0.389. The molecule has 1 saturated carbocycles. The average Bonchev–Trinajstić information content (AvgIpc) is 2.59. The van der Waals surface area contributed by atoms with E-state index in [9.17, 15) is 14.4 Å². The van der Waals surface area contributed by atoms with Gasteiger partial charge < -0.3 is 4.74 Å². The lowest BCUT2D eigenvalue weighted by atomic mass is 9.93. The van der Waals surface area contributed by atoms with Crippen molar-refractivity contribution in [2.75, 3.05) is 7.11 Å². The van der Waals surface area contributed by atoms with E-state index in [1.807, 2.05) is 0 Å². The molecular formula is C18H20N2O4. The van der Waals surface area contributed by atoms with Gasteiger partial charge in [0.25, 0.3) is 11.8 Å². The molecule has 0 bridgehead atoms. The van der Waals surface area contributed by atoms with Gasteiger partial charge in [-0.3, -0.25) is 19.8 Å². The van der Waals surface area contributed by atoms with E-state index in [2.05, 4.69) is 5.32 Å². The lowest BCUT2D eigenvalue weighted by Gasteiger charge is -2.35. The number of hydrogen-bond acceptors (Lipinski definition) is 4. The Labute approximate surface area is 140 Å². The fourth-order valence-electron chi connectivity index (χ4n) is 3.24. The van der Waals surface area contributed by atoms with Crippen LogP contribution in [0, 0.1) is 0 Å². The maximum Gasteiger partial charge on any atom is 0.331 e. The first kappa shape index (κ1) is 16.2. The second kappa shape index (κ2) is 6.86. The summed E-state index contributed by atoms with van der Waals surface area (Å²) in [5.74, 6) is -0.536. The number of rotatable bonds is 3. The number of benzene rings is 1. The van der Waals surface area contributed by atoms with E-state index in [0.717, 1.165) is 32.1 Å². The summed E-state index contributed by atoms with van der Waals surface area (Å²) in [7, 11) is 1.55. The van der Waals surface area contributed by atoms with Gasteiger partial charge in [-0.1, -0.05) is 31.4 Å². The summed E-state index contributed by atoms with van der Waals surface area (Å²) in [4.78, 5) is 38.2. The van der Waals surface area contributed by atoms with E-state index >= 15 is 0 Å². The predicted molar refractivity (Wildman–Crippen MR) is 88.2 cm³/mol. The third-order valence-electron chi connectivity index (χ3n) is 4.48. The Morgan fingerprint density at radius 3 is 2.62 bits per heavy atom. The smallest absolute Gasteiger partial charge is 0.331 e. The van der Waals surface area contributed by atoms with Gasteiger partial charge in [-0.15, -0.1) is 0 Å². The van der Waals surface area contributed by atoms with Crippen LogP contribution in [0.2, 0.25) is 0 Å². The minimum atomic E-state index is -0.653. The molecule has 1 heterocycles. The highest BCUT2D eigenvalue weighted by Gasteiger charge is 2.40. The molecule has 24 heavy (non-hydrogen) atoms. The number of hydrogen-bond donors (Lipinski definition) is 1. The predicted octanol–water partition coefficient (Wildman–Crippen LogP) is 2.49. The number of barbiturate groups is 1. The van der Waals surface area contributed by atoms with E-state index in [-0.39, 0.29) is 11.6 Å². The molecule has 0 radical (unpaired) electrons. The number of nitrogens with zero attached hydrogens (tertiary/aromatic N) is 1. The van der Waals surface area contributed by atoms with Gasteiger partial charge in [0, 0.05) is 6.04 Å². The molecule has 3 rings (SSSR count). The summed E-state index contributed by atoms with van der Waals surface area (Å²) < 4.78 is 5.15. The molecule has 1 N–H and O–H groups in total. The van der Waals surface area contributed by atoms with Crippen LogP contribution in [-0.4, -0.2) is 35.9 Å². The number of urea groups is 1. The van der Waals surface area contributed by atoms with E-state index < -0.39 is 17.8 Å². The van der Waals surface area contributed by atoms with Crippen molar-refractivity contribution >= 4 is 23.9 Å². The molecule has 0 unspecified atom stereocenters. The standard InChI is InChI=1S/C18H20N2O4/c1-24-14-9-5-6-12(10-14)11-15-16(21)19-18(23)20(17(15)22)13-7-3-2-4-8-13/h5-6,9-11,13H,2-4,7-8H2,1H3,(H,19,21,23). The Morgan fingerprint density at radius 2 is 1.92 bits per heavy atom. The first-order chi connectivity index (χ1) is 11.6. The molecule has 0 aromatic heterocycles. The molecule has 1 aromatic rings. The van der Waals surface area contributed by atoms with Crippen molar-refractivity contribution < 1.29 is 19.1 Å². The number of carbonyl (C=O) groups is 3. The molecule has 0 spiro atoms. The second-order valence-corrected chi connectivity index (χ2v) is 6.06. The third kappa shape index (κ3) is 3.18. The molecule has 2 fully saturated rings. The van der Waals surface area contributed by atoms with Crippen LogP contribution in [0.1, 0.15) is 37.7 Å². The highest BCUT2D eigenvalue weighted by Crippen LogP contribution is 2.26. The maximum atomic E-state index is 12.7. The molecule has 1 saturated heterocycles. The summed E-state index contributed by atoms with van der Waals surface area (Å²) in [6, 6.07) is 6.32. The van der Waals surface area contributed by atoms with Gasteiger partial charge in [0.1, 0.15) is 11.3 Å². The summed E-state index contributed by atoms with van der Waals surface area (Å²) in [5, 5.41) is 2.28. The number of ether oxygens (including phenoxy) is 1. The van der Waals surface area contributed by atoms with Crippen molar-refractivity contribution in [3.63, 3.8) is 0 Å². The van der Waals surface area contributed by atoms with Crippen molar-refractivity contribution in [1.82, 2.24) is 10.2 Å². The molecule has 1 aliphatic heterocycles. The van der Waals surface area contributed by atoms with Crippen LogP contribution in [-0.2, 0) is 9.59 Å². The van der Waals surface area contributed by atoms with Crippen LogP contribution in [0.5, 0.6) is 5.75 Å². The van der Waals surface area contributed by atoms with Crippen LogP contribution in [0.15, 0.2) is 29.8 Å². The van der Waals surface area contributed by atoms with Crippen molar-refractivity contribution in [3.05, 3.63) is 35.4 Å². The zero-order valence-electron chi connectivity index (χ0n) is 13.6. The van der Waals surface area contributed by atoms with E-state index in [0.29, 0.717) is 11.3 Å². The van der Waals surface area contributed by atoms with Crippen LogP contribution >= 0.6 is 0 Å². The second-order valence-electron chi connectivity index (χ2n) is 6.06. The highest BCUT2D eigenvalue weighted by molar-refractivity contribution is 6.31. The first-order valence-electron chi connectivity index (χ1n) is 8.15. The van der Waals surface area contributed by atoms with Gasteiger partial charge in [0.15, 0.2) is 0 Å². The summed E-state index contributed by atoms with van der Waals surface area (Å²) >= 11 is 0. The van der Waals surface area contributed by atoms with Gasteiger partial charge in [-0.25, -0.2) is 4.79 Å². The quantitative estimate of drug-likeness (QED) is 0.683. The lowest BCUT2D eigenvalue weighted by Crippen LogP contribution is -2.58. The normalized spacial score (nSPS) is 21.1. The van der Waals surface area contributed by atoms with Crippen molar-refractivity contribution in [2.24, 2.45) is 0 Å². The number of amides is 4. The minimum absolute atomic E-state index is 0.0200. The SMILES string of the molecule is COc1cccc(C=C2C(=O)NC(=O)N(C3CCCCC3)C2=O)c1. The summed E-state index contributed by atoms with van der Waals surface area (Å²) in [6.45, 7) is 0. The Balaban J connectivity index is 1.91. The monoisotopic (exact) mass is 328 g/mol. The summed E-state index contributed by atoms with van der Waals surface area (Å²) in [5.41, 5.74) is 0.652. The Hall–Kier alpha value is -2.63. The zero-order chi connectivity index (χ0) is 17.1. The van der Waals surface area contributed by atoms with Crippen LogP contribution in [0.25, 0.3) is 6.08 Å². The molecular weight excluding hydrogens is 308 g/mol. The van der Waals surface area contributed by atoms with E-state index in [4.69, 9.17) is 4.74 Å². The topological polar surface area (TPSA) is 75.7 Å². The fourth-order valence-corrected chi connectivity index (χ4v) is 3.24. The van der Waals surface area contributed by atoms with Crippen LogP contribution in [0.4, 0.5) is 4.79 Å². The van der Waals surface area contributed by atoms with E-state index in [1.54, 1.807) is 31.4 Å². The molecule has 1 aliphatic carbocycles. The van der Waals surface area contributed by atoms with Gasteiger partial charge in [0.05, 0.1) is 7.11 Å². The van der Waals surface area contributed by atoms with Gasteiger partial charge in [0.2, 0.25) is 0 Å². The van der Waals surface area contributed by atoms with Crippen molar-refractivity contribution in [2.45, 2.75) is 38.1 Å². The third-order valence-corrected chi connectivity index (χ3v) is 4.48. The minimum Gasteiger partial charge on any atom is -0.497 e. The molecule has 6 heteroatoms. The highest BCUT2D eigenvalue weighted by atomic mass is 16.5. The number of imide groups is 2. The molecule has 4 amide bonds. The molecule has 1 aromatic carbocycles. The maximum absolute atomic E-state index is 12.7. The molecule has 2 aliphatic rings. The Kier molecular flexibility index (Phi) is 4.64. The number of carbonyl (C=O) groups excluding carboxylic acids is 3. The zero-order valence-corrected chi connectivity index (χ0v) is 13.6. The molecule has 0 atom stereocenters. The molecule has 126 valence electrons. The Morgan fingerprint density at radius 1 is 1.17 bits per heavy atom. The molecule has 6 nitrogen and oxygen atoms in total. The van der Waals surface area contributed by atoms with Gasteiger partial charge in [-0.05, 0) is 36.6 Å². The number of nitrogens with one attached hydrogen (secondary N) is 1. The lowest BCUT2D eigenvalue weighted by molar-refractivity contribution is -0.132. The van der Waals surface area contributed by atoms with Crippen molar-refractivity contribution in [3.8, 4) is 5.75 Å². The van der Waals surface area contributed by atoms with Gasteiger partial charge >= 0.3 is 6.03 Å². The van der Waals surface area contributed by atoms with Crippen LogP contribution in [0.3, 0.4) is 0 Å². The average molecular weight is 328 g/mol. The van der Waals surface area contributed by atoms with E-state index in [1.165, 1.54) is 11.0 Å². The largest absolute Gasteiger partial charge is 0.497 e. The van der Waals surface area contributed by atoms with Crippen molar-refractivity contribution in [1.29, 1.82) is 0 Å².